The van der Waals surface area contributed by atoms with Crippen molar-refractivity contribution in [2.75, 3.05) is 25.4 Å². The van der Waals surface area contributed by atoms with Crippen LogP contribution in [0.2, 0.25) is 0 Å². The number of carbonyl (C=O) groups excluding carboxylic acids is 3. The number of thioether (sulfide) groups is 1. The molecule has 1 aromatic carbocycles. The molecule has 0 spiro atoms. The van der Waals surface area contributed by atoms with Crippen LogP contribution in [0.15, 0.2) is 30.3 Å². The average Bonchev–Trinajstić information content (AvgIpc) is 2.68. The van der Waals surface area contributed by atoms with Crippen molar-refractivity contribution < 1.29 is 19.1 Å². The summed E-state index contributed by atoms with van der Waals surface area (Å²) in [5.74, 6) is -0.724. The maximum absolute atomic E-state index is 12.7. The van der Waals surface area contributed by atoms with Gasteiger partial charge in [-0.2, -0.15) is 12.6 Å². The van der Waals surface area contributed by atoms with E-state index in [2.05, 4.69) is 17.9 Å². The summed E-state index contributed by atoms with van der Waals surface area (Å²) in [6.45, 7) is 1.55. The van der Waals surface area contributed by atoms with Gasteiger partial charge in [0.15, 0.2) is 4.58 Å². The van der Waals surface area contributed by atoms with E-state index in [-0.39, 0.29) is 21.5 Å². The summed E-state index contributed by atoms with van der Waals surface area (Å²) in [5.41, 5.74) is 1.04. The Hall–Kier alpha value is -1.12. The standard InChI is InChI=1S/C19H27NO4S3/c1-13(21)27(4)17(26-3)11-16(19(23)24-2)20-18(22)15(12-25)10-14-8-6-5-7-9-14/h5-9,15-17H,10-12H2,1-4H3,(H-,20,22,25)/p+1/t15?,16-,17?,27?/m0/s1. The van der Waals surface area contributed by atoms with Crippen LogP contribution in [0.1, 0.15) is 18.9 Å². The molecule has 1 amide bonds. The molecule has 0 saturated heterocycles. The highest BCUT2D eigenvalue weighted by atomic mass is 32.2. The lowest BCUT2D eigenvalue weighted by Crippen LogP contribution is -2.47. The number of ether oxygens (including phenoxy) is 1. The third-order valence-electron chi connectivity index (χ3n) is 4.26. The number of hydrogen-bond acceptors (Lipinski definition) is 6. The van der Waals surface area contributed by atoms with Crippen molar-refractivity contribution in [3.8, 4) is 0 Å². The Morgan fingerprint density at radius 2 is 1.89 bits per heavy atom. The van der Waals surface area contributed by atoms with E-state index in [9.17, 15) is 14.4 Å². The lowest BCUT2D eigenvalue weighted by Gasteiger charge is -2.22. The summed E-state index contributed by atoms with van der Waals surface area (Å²) in [7, 11) is 0.790. The third-order valence-corrected chi connectivity index (χ3v) is 8.75. The van der Waals surface area contributed by atoms with E-state index in [0.29, 0.717) is 18.6 Å². The van der Waals surface area contributed by atoms with Gasteiger partial charge in [-0.15, -0.1) is 11.8 Å². The van der Waals surface area contributed by atoms with Crippen LogP contribution in [0, 0.1) is 5.92 Å². The van der Waals surface area contributed by atoms with E-state index < -0.39 is 22.9 Å². The van der Waals surface area contributed by atoms with Crippen LogP contribution in [-0.2, 0) is 36.4 Å². The van der Waals surface area contributed by atoms with Crippen molar-refractivity contribution in [1.82, 2.24) is 5.32 Å². The number of rotatable bonds is 10. The maximum atomic E-state index is 12.7. The summed E-state index contributed by atoms with van der Waals surface area (Å²) < 4.78 is 4.81. The lowest BCUT2D eigenvalue weighted by molar-refractivity contribution is -0.145. The molecule has 0 radical (unpaired) electrons. The van der Waals surface area contributed by atoms with Gasteiger partial charge in [0.05, 0.1) is 23.9 Å². The van der Waals surface area contributed by atoms with Crippen LogP contribution in [-0.4, -0.2) is 53.0 Å². The Labute approximate surface area is 174 Å². The highest BCUT2D eigenvalue weighted by Gasteiger charge is 2.36. The summed E-state index contributed by atoms with van der Waals surface area (Å²) in [4.78, 5) is 36.7. The van der Waals surface area contributed by atoms with E-state index in [1.807, 2.05) is 42.8 Å². The van der Waals surface area contributed by atoms with E-state index in [0.717, 1.165) is 5.56 Å². The van der Waals surface area contributed by atoms with Crippen LogP contribution in [0.3, 0.4) is 0 Å². The van der Waals surface area contributed by atoms with Crippen LogP contribution in [0.4, 0.5) is 0 Å². The average molecular weight is 431 g/mol. The van der Waals surface area contributed by atoms with Crippen LogP contribution < -0.4 is 5.32 Å². The smallest absolute Gasteiger partial charge is 0.328 e. The second-order valence-electron chi connectivity index (χ2n) is 6.10. The van der Waals surface area contributed by atoms with E-state index >= 15 is 0 Å². The first-order valence-corrected chi connectivity index (χ1v) is 12.2. The first-order valence-electron chi connectivity index (χ1n) is 8.55. The summed E-state index contributed by atoms with van der Waals surface area (Å²) >= 11 is 5.83. The van der Waals surface area contributed by atoms with Crippen LogP contribution in [0.5, 0.6) is 0 Å². The Morgan fingerprint density at radius 3 is 2.37 bits per heavy atom. The number of hydrogen-bond donors (Lipinski definition) is 2. The Bertz CT molecular complexity index is 627. The molecule has 0 bridgehead atoms. The minimum absolute atomic E-state index is 0.0597. The van der Waals surface area contributed by atoms with Gasteiger partial charge in [-0.3, -0.25) is 4.79 Å². The fourth-order valence-electron chi connectivity index (χ4n) is 2.55. The number of carbonyl (C=O) groups is 3. The zero-order valence-corrected chi connectivity index (χ0v) is 18.7. The zero-order valence-electron chi connectivity index (χ0n) is 16.1. The second kappa shape index (κ2) is 12.4. The number of benzene rings is 1. The quantitative estimate of drug-likeness (QED) is 0.339. The number of amides is 1. The fourth-order valence-corrected chi connectivity index (χ4v) is 5.64. The van der Waals surface area contributed by atoms with Crippen molar-refractivity contribution in [1.29, 1.82) is 0 Å². The topological polar surface area (TPSA) is 72.5 Å². The van der Waals surface area contributed by atoms with Gasteiger partial charge < -0.3 is 10.1 Å². The van der Waals surface area contributed by atoms with Crippen molar-refractivity contribution in [2.24, 2.45) is 5.92 Å². The summed E-state index contributed by atoms with van der Waals surface area (Å²) in [6.07, 6.45) is 4.66. The molecule has 5 nitrogen and oxygen atoms in total. The molecule has 0 aromatic heterocycles. The molecule has 0 heterocycles. The Balaban J connectivity index is 2.86. The number of methoxy groups -OCH3 is 1. The first-order chi connectivity index (χ1) is 12.8. The molecule has 150 valence electrons. The number of thiol groups is 1. The highest BCUT2D eigenvalue weighted by Crippen LogP contribution is 2.22. The van der Waals surface area contributed by atoms with Gasteiger partial charge in [0.1, 0.15) is 12.3 Å². The minimum atomic E-state index is -0.785. The monoisotopic (exact) mass is 430 g/mol. The van der Waals surface area contributed by atoms with Gasteiger partial charge >= 0.3 is 11.1 Å². The molecule has 3 unspecified atom stereocenters. The van der Waals surface area contributed by atoms with Gasteiger partial charge in [-0.1, -0.05) is 30.3 Å². The van der Waals surface area contributed by atoms with Gasteiger partial charge in [0, 0.05) is 19.1 Å². The molecule has 1 rings (SSSR count). The lowest BCUT2D eigenvalue weighted by atomic mass is 9.99. The normalized spacial score (nSPS) is 15.3. The molecular formula is C19H28NO4S3+. The van der Waals surface area contributed by atoms with Gasteiger partial charge in [0.25, 0.3) is 0 Å². The molecule has 1 N–H and O–H groups in total. The van der Waals surface area contributed by atoms with E-state index in [1.54, 1.807) is 6.92 Å². The summed E-state index contributed by atoms with van der Waals surface area (Å²) in [5, 5.41) is 2.90. The highest BCUT2D eigenvalue weighted by molar-refractivity contribution is 8.22. The van der Waals surface area contributed by atoms with Gasteiger partial charge in [-0.05, 0) is 18.2 Å². The van der Waals surface area contributed by atoms with Crippen LogP contribution >= 0.6 is 24.4 Å². The molecule has 8 heteroatoms. The van der Waals surface area contributed by atoms with E-state index in [1.165, 1.54) is 18.9 Å². The summed E-state index contributed by atoms with van der Waals surface area (Å²) in [6, 6.07) is 8.90. The van der Waals surface area contributed by atoms with Crippen molar-refractivity contribution >= 4 is 52.3 Å². The molecule has 1 aromatic rings. The molecule has 0 fully saturated rings. The maximum Gasteiger partial charge on any atom is 0.328 e. The second-order valence-corrected chi connectivity index (χ2v) is 10.1. The van der Waals surface area contributed by atoms with Crippen molar-refractivity contribution in [3.05, 3.63) is 35.9 Å². The minimum Gasteiger partial charge on any atom is -0.467 e. The fraction of sp³-hybridized carbons (Fsp3) is 0.526. The predicted octanol–water partition coefficient (Wildman–Crippen LogP) is 2.31. The van der Waals surface area contributed by atoms with Crippen molar-refractivity contribution in [2.45, 2.75) is 30.4 Å². The molecule has 27 heavy (non-hydrogen) atoms. The third kappa shape index (κ3) is 7.79. The SMILES string of the molecule is COC(=O)[C@H](CC(SC)[S+](C)C(C)=O)NC(=O)C(CS)Cc1ccccc1. The first kappa shape index (κ1) is 23.9. The van der Waals surface area contributed by atoms with E-state index in [4.69, 9.17) is 4.74 Å². The molecule has 0 aliphatic carbocycles. The molecular weight excluding hydrogens is 402 g/mol. The van der Waals surface area contributed by atoms with Gasteiger partial charge in [-0.25, -0.2) is 9.59 Å². The molecule has 0 saturated carbocycles. The van der Waals surface area contributed by atoms with Crippen molar-refractivity contribution in [3.63, 3.8) is 0 Å². The Kier molecular flexibility index (Phi) is 10.9. The molecule has 0 aliphatic heterocycles. The Morgan fingerprint density at radius 1 is 1.26 bits per heavy atom. The number of nitrogens with one attached hydrogen (secondary N) is 1. The number of esters is 1. The largest absolute Gasteiger partial charge is 0.467 e. The predicted molar refractivity (Wildman–Crippen MR) is 117 cm³/mol. The molecule has 0 aliphatic rings. The van der Waals surface area contributed by atoms with Gasteiger partial charge in [0.2, 0.25) is 5.91 Å². The zero-order chi connectivity index (χ0) is 20.4. The molecule has 4 atom stereocenters. The van der Waals surface area contributed by atoms with Crippen LogP contribution in [0.25, 0.3) is 0 Å².